The van der Waals surface area contributed by atoms with Gasteiger partial charge in [-0.2, -0.15) is 4.98 Å². The summed E-state index contributed by atoms with van der Waals surface area (Å²) in [5, 5.41) is 0. The molecular formula is C14H18N4O2. The van der Waals surface area contributed by atoms with Crippen LogP contribution in [0.25, 0.3) is 11.1 Å². The summed E-state index contributed by atoms with van der Waals surface area (Å²) < 4.78 is 5.72. The lowest BCUT2D eigenvalue weighted by atomic mass is 9.91. The number of aromatic nitrogens is 1. The molecule has 1 aromatic heterocycles. The van der Waals surface area contributed by atoms with Crippen molar-refractivity contribution in [1.82, 2.24) is 9.88 Å². The second-order valence-electron chi connectivity index (χ2n) is 5.76. The Morgan fingerprint density at radius 3 is 2.75 bits per heavy atom. The molecule has 2 aromatic rings. The maximum atomic E-state index is 11.4. The molecule has 1 saturated heterocycles. The molecule has 106 valence electrons. The van der Waals surface area contributed by atoms with Crippen molar-refractivity contribution in [3.8, 4) is 0 Å². The number of fused-ring (bicyclic) bond motifs is 1. The summed E-state index contributed by atoms with van der Waals surface area (Å²) in [6.45, 7) is 3.89. The SMILES string of the molecule is CN(C)C1(C)CN(c2nc3c(C(N)=O)cccc3o2)C1. The Morgan fingerprint density at radius 1 is 1.45 bits per heavy atom. The fraction of sp³-hybridized carbons (Fsp3) is 0.429. The molecule has 6 heteroatoms. The number of primary amides is 1. The minimum absolute atomic E-state index is 0.132. The first-order chi connectivity index (χ1) is 9.40. The number of benzene rings is 1. The third kappa shape index (κ3) is 1.84. The molecule has 2 heterocycles. The molecule has 20 heavy (non-hydrogen) atoms. The number of likely N-dealkylation sites (N-methyl/N-ethyl adjacent to an activating group) is 1. The standard InChI is InChI=1S/C14H18N4O2/c1-14(17(2)3)7-18(8-14)13-16-11-9(12(15)19)5-4-6-10(11)20-13/h4-6H,7-8H2,1-3H3,(H2,15,19). The van der Waals surface area contributed by atoms with Crippen LogP contribution in [0.3, 0.4) is 0 Å². The first-order valence-electron chi connectivity index (χ1n) is 6.52. The van der Waals surface area contributed by atoms with Gasteiger partial charge in [-0.05, 0) is 33.2 Å². The third-order valence-electron chi connectivity index (χ3n) is 4.09. The van der Waals surface area contributed by atoms with Crippen LogP contribution in [0, 0.1) is 0 Å². The number of carbonyl (C=O) groups is 1. The minimum atomic E-state index is -0.489. The summed E-state index contributed by atoms with van der Waals surface area (Å²) >= 11 is 0. The Labute approximate surface area is 117 Å². The summed E-state index contributed by atoms with van der Waals surface area (Å²) in [6.07, 6.45) is 0. The minimum Gasteiger partial charge on any atom is -0.423 e. The zero-order chi connectivity index (χ0) is 14.5. The molecule has 1 aliphatic rings. The van der Waals surface area contributed by atoms with Crippen molar-refractivity contribution in [2.75, 3.05) is 32.1 Å². The summed E-state index contributed by atoms with van der Waals surface area (Å²) in [6, 6.07) is 5.76. The highest BCUT2D eigenvalue weighted by Crippen LogP contribution is 2.32. The molecule has 6 nitrogen and oxygen atoms in total. The van der Waals surface area contributed by atoms with Gasteiger partial charge in [-0.15, -0.1) is 0 Å². The van der Waals surface area contributed by atoms with Crippen LogP contribution in [0.1, 0.15) is 17.3 Å². The average Bonchev–Trinajstić information content (AvgIpc) is 2.77. The molecule has 0 spiro atoms. The summed E-state index contributed by atoms with van der Waals surface area (Å²) in [5.41, 5.74) is 7.01. The largest absolute Gasteiger partial charge is 0.423 e. The number of anilines is 1. The quantitative estimate of drug-likeness (QED) is 0.906. The molecule has 0 bridgehead atoms. The maximum absolute atomic E-state index is 11.4. The van der Waals surface area contributed by atoms with Gasteiger partial charge in [0.05, 0.1) is 11.1 Å². The lowest BCUT2D eigenvalue weighted by Gasteiger charge is -2.51. The van der Waals surface area contributed by atoms with E-state index in [1.54, 1.807) is 18.2 Å². The maximum Gasteiger partial charge on any atom is 0.298 e. The monoisotopic (exact) mass is 274 g/mol. The third-order valence-corrected chi connectivity index (χ3v) is 4.09. The van der Waals surface area contributed by atoms with E-state index in [2.05, 4.69) is 35.8 Å². The molecule has 2 N–H and O–H groups in total. The zero-order valence-corrected chi connectivity index (χ0v) is 11.9. The Balaban J connectivity index is 1.92. The molecule has 3 rings (SSSR count). The van der Waals surface area contributed by atoms with Gasteiger partial charge in [-0.25, -0.2) is 0 Å². The smallest absolute Gasteiger partial charge is 0.298 e. The highest BCUT2D eigenvalue weighted by atomic mass is 16.4. The van der Waals surface area contributed by atoms with Gasteiger partial charge in [0.15, 0.2) is 5.58 Å². The van der Waals surface area contributed by atoms with Gasteiger partial charge in [-0.3, -0.25) is 4.79 Å². The highest BCUT2D eigenvalue weighted by molar-refractivity contribution is 6.03. The van der Waals surface area contributed by atoms with Gasteiger partial charge in [0, 0.05) is 13.1 Å². The van der Waals surface area contributed by atoms with Crippen molar-refractivity contribution in [2.24, 2.45) is 5.73 Å². The first kappa shape index (κ1) is 12.9. The van der Waals surface area contributed by atoms with E-state index < -0.39 is 5.91 Å². The van der Waals surface area contributed by atoms with Crippen LogP contribution in [-0.4, -0.2) is 48.5 Å². The lowest BCUT2D eigenvalue weighted by Crippen LogP contribution is -2.67. The van der Waals surface area contributed by atoms with Gasteiger partial charge in [-0.1, -0.05) is 6.07 Å². The van der Waals surface area contributed by atoms with E-state index in [4.69, 9.17) is 10.2 Å². The predicted octanol–water partition coefficient (Wildman–Crippen LogP) is 1.07. The van der Waals surface area contributed by atoms with Gasteiger partial charge >= 0.3 is 0 Å². The molecule has 1 amide bonds. The van der Waals surface area contributed by atoms with E-state index in [1.165, 1.54) is 0 Å². The average molecular weight is 274 g/mol. The van der Waals surface area contributed by atoms with E-state index in [1.807, 2.05) is 0 Å². The fourth-order valence-electron chi connectivity index (χ4n) is 2.47. The Hall–Kier alpha value is -2.08. The van der Waals surface area contributed by atoms with Crippen LogP contribution < -0.4 is 10.6 Å². The number of carbonyl (C=O) groups excluding carboxylic acids is 1. The van der Waals surface area contributed by atoms with Crippen LogP contribution in [-0.2, 0) is 0 Å². The number of nitrogens with zero attached hydrogens (tertiary/aromatic N) is 3. The van der Waals surface area contributed by atoms with Crippen LogP contribution in [0.15, 0.2) is 22.6 Å². The van der Waals surface area contributed by atoms with Crippen LogP contribution in [0.5, 0.6) is 0 Å². The topological polar surface area (TPSA) is 75.6 Å². The van der Waals surface area contributed by atoms with Crippen LogP contribution >= 0.6 is 0 Å². The van der Waals surface area contributed by atoms with E-state index in [0.717, 1.165) is 13.1 Å². The van der Waals surface area contributed by atoms with E-state index >= 15 is 0 Å². The normalized spacial score (nSPS) is 17.5. The highest BCUT2D eigenvalue weighted by Gasteiger charge is 2.42. The van der Waals surface area contributed by atoms with E-state index in [9.17, 15) is 4.79 Å². The first-order valence-corrected chi connectivity index (χ1v) is 6.52. The number of para-hydroxylation sites is 1. The van der Waals surface area contributed by atoms with Crippen LogP contribution in [0.4, 0.5) is 6.01 Å². The molecule has 0 unspecified atom stereocenters. The summed E-state index contributed by atoms with van der Waals surface area (Å²) in [4.78, 5) is 20.1. The van der Waals surface area contributed by atoms with Gasteiger partial charge in [0.1, 0.15) is 5.52 Å². The van der Waals surface area contributed by atoms with Crippen molar-refractivity contribution in [3.63, 3.8) is 0 Å². The zero-order valence-electron chi connectivity index (χ0n) is 11.9. The fourth-order valence-corrected chi connectivity index (χ4v) is 2.47. The number of hydrogen-bond acceptors (Lipinski definition) is 5. The van der Waals surface area contributed by atoms with Crippen molar-refractivity contribution in [3.05, 3.63) is 23.8 Å². The van der Waals surface area contributed by atoms with Crippen molar-refractivity contribution in [2.45, 2.75) is 12.5 Å². The van der Waals surface area contributed by atoms with Gasteiger partial charge in [0.25, 0.3) is 11.9 Å². The predicted molar refractivity (Wildman–Crippen MR) is 76.8 cm³/mol. The lowest BCUT2D eigenvalue weighted by molar-refractivity contribution is 0.100. The molecule has 0 radical (unpaired) electrons. The van der Waals surface area contributed by atoms with Crippen molar-refractivity contribution < 1.29 is 9.21 Å². The number of rotatable bonds is 3. The molecule has 1 aromatic carbocycles. The van der Waals surface area contributed by atoms with Crippen LogP contribution in [0.2, 0.25) is 0 Å². The van der Waals surface area contributed by atoms with E-state index in [-0.39, 0.29) is 5.54 Å². The second kappa shape index (κ2) is 4.21. The Morgan fingerprint density at radius 2 is 2.15 bits per heavy atom. The van der Waals surface area contributed by atoms with Gasteiger partial charge < -0.3 is 20.0 Å². The van der Waals surface area contributed by atoms with Crippen molar-refractivity contribution >= 4 is 23.0 Å². The summed E-state index contributed by atoms with van der Waals surface area (Å²) in [5.74, 6) is -0.489. The Bertz CT molecular complexity index is 671. The number of oxazole rings is 1. The molecule has 1 aliphatic heterocycles. The van der Waals surface area contributed by atoms with Crippen molar-refractivity contribution in [1.29, 1.82) is 0 Å². The molecule has 0 aliphatic carbocycles. The Kier molecular flexibility index (Phi) is 2.72. The molecule has 1 fully saturated rings. The summed E-state index contributed by atoms with van der Waals surface area (Å²) in [7, 11) is 4.13. The number of amides is 1. The van der Waals surface area contributed by atoms with E-state index in [0.29, 0.717) is 22.7 Å². The van der Waals surface area contributed by atoms with Gasteiger partial charge in [0.2, 0.25) is 0 Å². The molecular weight excluding hydrogens is 256 g/mol. The number of nitrogens with two attached hydrogens (primary N) is 1. The molecule has 0 saturated carbocycles. The second-order valence-corrected chi connectivity index (χ2v) is 5.76. The number of hydrogen-bond donors (Lipinski definition) is 1. The molecule has 0 atom stereocenters.